The Balaban J connectivity index is 4.16. The second-order valence-corrected chi connectivity index (χ2v) is 5.94. The van der Waals surface area contributed by atoms with E-state index in [0.29, 0.717) is 13.0 Å². The van der Waals surface area contributed by atoms with Crippen molar-refractivity contribution in [2.45, 2.75) is 64.9 Å². The molecule has 17 heavy (non-hydrogen) atoms. The molecule has 0 aromatic carbocycles. The number of nitrogens with two attached hydrogens (primary N) is 2. The lowest BCUT2D eigenvalue weighted by molar-refractivity contribution is -0.150. The van der Waals surface area contributed by atoms with Crippen LogP contribution in [-0.4, -0.2) is 29.4 Å². The van der Waals surface area contributed by atoms with Gasteiger partial charge in [-0.05, 0) is 48.0 Å². The smallest absolute Gasteiger partial charge is 0.249 e. The predicted molar refractivity (Wildman–Crippen MR) is 67.3 cm³/mol. The molecular formula is C12H26N2O3. The van der Waals surface area contributed by atoms with Crippen molar-refractivity contribution < 1.29 is 14.3 Å². The van der Waals surface area contributed by atoms with Gasteiger partial charge in [0.2, 0.25) is 5.91 Å². The third-order valence-corrected chi connectivity index (χ3v) is 2.30. The molecule has 0 rings (SSSR count). The number of primary amides is 1. The predicted octanol–water partition coefficient (Wildman–Crippen LogP) is 1.15. The van der Waals surface area contributed by atoms with Crippen LogP contribution in [0.15, 0.2) is 0 Å². The molecule has 1 amide bonds. The van der Waals surface area contributed by atoms with Gasteiger partial charge in [0.1, 0.15) is 11.3 Å². The van der Waals surface area contributed by atoms with Gasteiger partial charge < -0.3 is 20.9 Å². The zero-order valence-electron chi connectivity index (χ0n) is 11.8. The number of amides is 1. The Labute approximate surface area is 104 Å². The van der Waals surface area contributed by atoms with Crippen LogP contribution in [0.1, 0.15) is 48.0 Å². The molecule has 0 aliphatic carbocycles. The van der Waals surface area contributed by atoms with Crippen LogP contribution in [0, 0.1) is 0 Å². The molecule has 0 atom stereocenters. The molecule has 0 saturated carbocycles. The molecule has 5 heteroatoms. The summed E-state index contributed by atoms with van der Waals surface area (Å²) < 4.78 is 11.1. The maximum absolute atomic E-state index is 11.1. The van der Waals surface area contributed by atoms with Crippen LogP contribution < -0.4 is 11.5 Å². The highest BCUT2D eigenvalue weighted by molar-refractivity contribution is 5.82. The average molecular weight is 246 g/mol. The molecule has 0 aromatic heterocycles. The van der Waals surface area contributed by atoms with Gasteiger partial charge in [0.05, 0.1) is 12.2 Å². The Morgan fingerprint density at radius 1 is 1.12 bits per heavy atom. The number of ether oxygens (including phenoxy) is 2. The molecule has 5 nitrogen and oxygen atoms in total. The summed E-state index contributed by atoms with van der Waals surface area (Å²) >= 11 is 0. The summed E-state index contributed by atoms with van der Waals surface area (Å²) in [5, 5.41) is 0. The van der Waals surface area contributed by atoms with E-state index in [4.69, 9.17) is 20.9 Å². The van der Waals surface area contributed by atoms with Gasteiger partial charge in [-0.15, -0.1) is 0 Å². The first-order valence-corrected chi connectivity index (χ1v) is 5.79. The summed E-state index contributed by atoms with van der Waals surface area (Å²) in [5.74, 6) is -0.477. The minimum atomic E-state index is -0.950. The summed E-state index contributed by atoms with van der Waals surface area (Å²) in [6.07, 6.45) is 0.629. The van der Waals surface area contributed by atoms with Gasteiger partial charge in [-0.1, -0.05) is 0 Å². The van der Waals surface area contributed by atoms with E-state index in [1.165, 1.54) is 0 Å². The minimum Gasteiger partial charge on any atom is -0.367 e. The van der Waals surface area contributed by atoms with Crippen LogP contribution in [0.4, 0.5) is 0 Å². The van der Waals surface area contributed by atoms with Crippen molar-refractivity contribution >= 4 is 5.91 Å². The van der Waals surface area contributed by atoms with Crippen LogP contribution in [0.3, 0.4) is 0 Å². The second-order valence-electron chi connectivity index (χ2n) is 5.94. The van der Waals surface area contributed by atoms with E-state index in [1.807, 2.05) is 13.8 Å². The highest BCUT2D eigenvalue weighted by Gasteiger charge is 2.29. The maximum Gasteiger partial charge on any atom is 0.249 e. The third-order valence-electron chi connectivity index (χ3n) is 2.30. The fraction of sp³-hybridized carbons (Fsp3) is 0.917. The first-order chi connectivity index (χ1) is 7.36. The molecule has 0 bridgehead atoms. The van der Waals surface area contributed by atoms with Crippen LogP contribution in [0.2, 0.25) is 0 Å². The van der Waals surface area contributed by atoms with Crippen LogP contribution in [-0.2, 0) is 14.3 Å². The second kappa shape index (κ2) is 5.33. The molecule has 0 unspecified atom stereocenters. The van der Waals surface area contributed by atoms with E-state index in [9.17, 15) is 4.79 Å². The molecule has 0 heterocycles. The van der Waals surface area contributed by atoms with Crippen molar-refractivity contribution in [1.29, 1.82) is 0 Å². The Morgan fingerprint density at radius 2 is 1.59 bits per heavy atom. The van der Waals surface area contributed by atoms with Crippen molar-refractivity contribution in [1.82, 2.24) is 0 Å². The van der Waals surface area contributed by atoms with Crippen molar-refractivity contribution in [3.05, 3.63) is 0 Å². The van der Waals surface area contributed by atoms with Crippen LogP contribution in [0.5, 0.6) is 0 Å². The fourth-order valence-corrected chi connectivity index (χ4v) is 1.39. The van der Waals surface area contributed by atoms with E-state index < -0.39 is 22.8 Å². The van der Waals surface area contributed by atoms with Crippen LogP contribution in [0.25, 0.3) is 0 Å². The molecular weight excluding hydrogens is 220 g/mol. The number of carbonyl (C=O) groups excluding carboxylic acids is 1. The van der Waals surface area contributed by atoms with Crippen molar-refractivity contribution in [2.24, 2.45) is 11.5 Å². The molecule has 0 radical (unpaired) electrons. The number of hydrogen-bond donors (Lipinski definition) is 2. The molecule has 0 aromatic rings. The lowest BCUT2D eigenvalue weighted by atomic mass is 10.0. The van der Waals surface area contributed by atoms with Gasteiger partial charge >= 0.3 is 0 Å². The monoisotopic (exact) mass is 246 g/mol. The highest BCUT2D eigenvalue weighted by Crippen LogP contribution is 2.21. The molecule has 0 aliphatic rings. The van der Waals surface area contributed by atoms with Crippen molar-refractivity contribution in [3.63, 3.8) is 0 Å². The largest absolute Gasteiger partial charge is 0.367 e. The molecule has 0 aliphatic heterocycles. The quantitative estimate of drug-likeness (QED) is 0.659. The maximum atomic E-state index is 11.1. The Bertz CT molecular complexity index is 267. The van der Waals surface area contributed by atoms with E-state index >= 15 is 0 Å². The lowest BCUT2D eigenvalue weighted by Crippen LogP contribution is -2.45. The summed E-state index contributed by atoms with van der Waals surface area (Å²) in [6.45, 7) is 11.1. The van der Waals surface area contributed by atoms with Crippen LogP contribution >= 0.6 is 0 Å². The highest BCUT2D eigenvalue weighted by atomic mass is 16.5. The summed E-state index contributed by atoms with van der Waals surface area (Å²) in [4.78, 5) is 11.1. The van der Waals surface area contributed by atoms with Crippen molar-refractivity contribution in [3.8, 4) is 0 Å². The Kier molecular flexibility index (Phi) is 5.13. The van der Waals surface area contributed by atoms with E-state index in [0.717, 1.165) is 0 Å². The molecule has 4 N–H and O–H groups in total. The zero-order chi connectivity index (χ0) is 13.9. The average Bonchev–Trinajstić information content (AvgIpc) is 1.97. The minimum absolute atomic E-state index is 0.388. The first-order valence-electron chi connectivity index (χ1n) is 5.79. The third kappa shape index (κ3) is 7.31. The van der Waals surface area contributed by atoms with Crippen molar-refractivity contribution in [2.75, 3.05) is 6.61 Å². The van der Waals surface area contributed by atoms with Gasteiger partial charge in [-0.3, -0.25) is 4.79 Å². The summed E-state index contributed by atoms with van der Waals surface area (Å²) in [7, 11) is 0. The van der Waals surface area contributed by atoms with Gasteiger partial charge in [0.15, 0.2) is 0 Å². The fourth-order valence-electron chi connectivity index (χ4n) is 1.39. The van der Waals surface area contributed by atoms with Gasteiger partial charge in [0.25, 0.3) is 0 Å². The normalized spacial score (nSPS) is 13.8. The number of carbonyl (C=O) groups is 1. The SMILES string of the molecule is CC(C)(N)OC(C)(C)CCOC(C)(C)C(N)=O. The van der Waals surface area contributed by atoms with E-state index in [-0.39, 0.29) is 0 Å². The van der Waals surface area contributed by atoms with E-state index in [1.54, 1.807) is 27.7 Å². The molecule has 0 fully saturated rings. The van der Waals surface area contributed by atoms with Gasteiger partial charge in [-0.2, -0.15) is 0 Å². The van der Waals surface area contributed by atoms with Gasteiger partial charge in [-0.25, -0.2) is 0 Å². The van der Waals surface area contributed by atoms with E-state index in [2.05, 4.69) is 0 Å². The molecule has 102 valence electrons. The molecule has 0 saturated heterocycles. The number of hydrogen-bond acceptors (Lipinski definition) is 4. The zero-order valence-corrected chi connectivity index (χ0v) is 11.8. The van der Waals surface area contributed by atoms with Gasteiger partial charge in [0, 0.05) is 0 Å². The summed E-state index contributed by atoms with van der Waals surface area (Å²) in [6, 6.07) is 0. The Morgan fingerprint density at radius 3 is 1.94 bits per heavy atom. The summed E-state index contributed by atoms with van der Waals surface area (Å²) in [5.41, 5.74) is 8.94. The first kappa shape index (κ1) is 16.4. The lowest BCUT2D eigenvalue weighted by Gasteiger charge is -2.34. The topological polar surface area (TPSA) is 87.6 Å². The number of rotatable bonds is 7. The molecule has 0 spiro atoms. The Hall–Kier alpha value is -0.650. The standard InChI is InChI=1S/C12H26N2O3/c1-10(2,17-12(5,6)14)7-8-16-11(3,4)9(13)15/h7-8,14H2,1-6H3,(H2,13,15).